The predicted molar refractivity (Wildman–Crippen MR) is 102 cm³/mol. The van der Waals surface area contributed by atoms with Crippen molar-refractivity contribution < 1.29 is 14.3 Å². The zero-order valence-corrected chi connectivity index (χ0v) is 16.1. The molecule has 0 amide bonds. The molecule has 0 N–H and O–H groups in total. The van der Waals surface area contributed by atoms with E-state index in [1.807, 2.05) is 66.7 Å². The number of rotatable bonds is 5. The van der Waals surface area contributed by atoms with Gasteiger partial charge in [0.2, 0.25) is 0 Å². The van der Waals surface area contributed by atoms with E-state index in [9.17, 15) is 4.79 Å². The molecule has 0 aliphatic carbocycles. The topological polar surface area (TPSA) is 35.5 Å². The van der Waals surface area contributed by atoms with Crippen molar-refractivity contribution in [2.45, 2.75) is 10.9 Å². The Labute approximate surface area is 159 Å². The van der Waals surface area contributed by atoms with Gasteiger partial charge in [-0.2, -0.15) is 0 Å². The molecule has 4 heteroatoms. The van der Waals surface area contributed by atoms with E-state index in [0.29, 0.717) is 5.56 Å². The Hall–Kier alpha value is -2.55. The van der Waals surface area contributed by atoms with Gasteiger partial charge in [0.25, 0.3) is 0 Å². The van der Waals surface area contributed by atoms with Gasteiger partial charge in [0.1, 0.15) is 0 Å². The van der Waals surface area contributed by atoms with Crippen LogP contribution in [0.5, 0.6) is 5.75 Å². The molecule has 4 rings (SSSR count). The summed E-state index contributed by atoms with van der Waals surface area (Å²) in [4.78, 5) is 12.5. The van der Waals surface area contributed by atoms with Crippen molar-refractivity contribution in [2.24, 2.45) is 0 Å². The average molecular weight is 409 g/mol. The summed E-state index contributed by atoms with van der Waals surface area (Å²) < 4.78 is 12.6. The van der Waals surface area contributed by atoms with Gasteiger partial charge in [0.05, 0.1) is 0 Å². The van der Waals surface area contributed by atoms with Crippen molar-refractivity contribution in [3.63, 3.8) is 0 Å². The summed E-state index contributed by atoms with van der Waals surface area (Å²) >= 11 is 0.166. The van der Waals surface area contributed by atoms with Crippen LogP contribution in [0.2, 0.25) is 5.32 Å². The number of esters is 1. The van der Waals surface area contributed by atoms with Crippen LogP contribution in [0.25, 0.3) is 0 Å². The Balaban J connectivity index is 1.78. The van der Waals surface area contributed by atoms with E-state index in [0.717, 1.165) is 22.2 Å². The van der Waals surface area contributed by atoms with Gasteiger partial charge >= 0.3 is 159 Å². The molecule has 0 bridgehead atoms. The van der Waals surface area contributed by atoms with E-state index in [-0.39, 0.29) is 20.9 Å². The number of ether oxygens (including phenoxy) is 2. The van der Waals surface area contributed by atoms with E-state index in [1.165, 1.54) is 4.46 Å². The second-order valence-corrected chi connectivity index (χ2v) is 8.29. The van der Waals surface area contributed by atoms with Gasteiger partial charge in [-0.25, -0.2) is 0 Å². The molecule has 0 fully saturated rings. The number of carbonyl (C=O) groups is 1. The van der Waals surface area contributed by atoms with Crippen LogP contribution >= 0.6 is 0 Å². The molecular weight excluding hydrogens is 391 g/mol. The molecule has 1 unspecified atom stereocenters. The molecule has 0 saturated carbocycles. The summed E-state index contributed by atoms with van der Waals surface area (Å²) in [5.41, 5.74) is 1.85. The number of carbonyl (C=O) groups excluding carboxylic acids is 1. The van der Waals surface area contributed by atoms with Crippen LogP contribution in [0.3, 0.4) is 0 Å². The minimum absolute atomic E-state index is 0.166. The first-order valence-corrected chi connectivity index (χ1v) is 10.4. The Morgan fingerprint density at radius 3 is 2.35 bits per heavy atom. The SMILES string of the molecule is COc1ccc(C2(C[Se]c3ccccc3)OC(=O)c3ccccc32)cc1. The number of benzene rings is 3. The monoisotopic (exact) mass is 410 g/mol. The maximum atomic E-state index is 12.5. The van der Waals surface area contributed by atoms with E-state index < -0.39 is 5.60 Å². The van der Waals surface area contributed by atoms with Crippen molar-refractivity contribution in [3.05, 3.63) is 95.6 Å². The summed E-state index contributed by atoms with van der Waals surface area (Å²) in [5.74, 6) is 0.537. The zero-order valence-electron chi connectivity index (χ0n) is 14.3. The average Bonchev–Trinajstić information content (AvgIpc) is 3.01. The fourth-order valence-electron chi connectivity index (χ4n) is 3.25. The third kappa shape index (κ3) is 2.92. The fraction of sp³-hybridized carbons (Fsp3) is 0.136. The predicted octanol–water partition coefficient (Wildman–Crippen LogP) is 3.56. The molecule has 0 radical (unpaired) electrons. The molecule has 130 valence electrons. The summed E-state index contributed by atoms with van der Waals surface area (Å²) in [5, 5.41) is 0.749. The van der Waals surface area contributed by atoms with Gasteiger partial charge in [-0.3, -0.25) is 0 Å². The zero-order chi connectivity index (χ0) is 18.0. The standard InChI is InChI=1S/C22H18O3Se/c1-24-17-13-11-16(12-14-17)22(15-26-18-7-3-2-4-8-18)20-10-6-5-9-19(20)21(23)25-22/h2-14H,15H2,1H3. The van der Waals surface area contributed by atoms with Crippen LogP contribution in [-0.4, -0.2) is 28.0 Å². The number of hydrogen-bond acceptors (Lipinski definition) is 3. The van der Waals surface area contributed by atoms with E-state index in [2.05, 4.69) is 12.1 Å². The molecule has 1 atom stereocenters. The Kier molecular flexibility index (Phi) is 4.54. The van der Waals surface area contributed by atoms with Crippen molar-refractivity contribution in [1.29, 1.82) is 0 Å². The van der Waals surface area contributed by atoms with E-state index >= 15 is 0 Å². The molecule has 26 heavy (non-hydrogen) atoms. The third-order valence-electron chi connectivity index (χ3n) is 4.59. The third-order valence-corrected chi connectivity index (χ3v) is 7.02. The van der Waals surface area contributed by atoms with Gasteiger partial charge in [-0.15, -0.1) is 0 Å². The Bertz CT molecular complexity index is 922. The quantitative estimate of drug-likeness (QED) is 0.478. The van der Waals surface area contributed by atoms with Crippen LogP contribution in [0.4, 0.5) is 0 Å². The van der Waals surface area contributed by atoms with Crippen LogP contribution in [0.15, 0.2) is 78.9 Å². The summed E-state index contributed by atoms with van der Waals surface area (Å²) in [6.45, 7) is 0. The Morgan fingerprint density at radius 2 is 1.62 bits per heavy atom. The Morgan fingerprint density at radius 1 is 0.923 bits per heavy atom. The molecule has 1 aliphatic rings. The van der Waals surface area contributed by atoms with E-state index in [1.54, 1.807) is 7.11 Å². The molecule has 1 heterocycles. The number of hydrogen-bond donors (Lipinski definition) is 0. The number of cyclic esters (lactones) is 1. The first kappa shape index (κ1) is 16.9. The van der Waals surface area contributed by atoms with Gasteiger partial charge < -0.3 is 0 Å². The van der Waals surface area contributed by atoms with Crippen LogP contribution < -0.4 is 9.20 Å². The van der Waals surface area contributed by atoms with Gasteiger partial charge in [0, 0.05) is 0 Å². The number of fused-ring (bicyclic) bond motifs is 1. The molecule has 0 spiro atoms. The second kappa shape index (κ2) is 6.99. The first-order chi connectivity index (χ1) is 12.7. The van der Waals surface area contributed by atoms with Gasteiger partial charge in [0.15, 0.2) is 0 Å². The van der Waals surface area contributed by atoms with Crippen LogP contribution in [0, 0.1) is 0 Å². The number of methoxy groups -OCH3 is 1. The fourth-order valence-corrected chi connectivity index (χ4v) is 5.56. The summed E-state index contributed by atoms with van der Waals surface area (Å²) in [6.07, 6.45) is 0. The van der Waals surface area contributed by atoms with Gasteiger partial charge in [-0.1, -0.05) is 0 Å². The molecule has 3 nitrogen and oxygen atoms in total. The van der Waals surface area contributed by atoms with Crippen LogP contribution in [0.1, 0.15) is 21.5 Å². The maximum absolute atomic E-state index is 12.5. The van der Waals surface area contributed by atoms with Crippen molar-refractivity contribution in [2.75, 3.05) is 7.11 Å². The van der Waals surface area contributed by atoms with Crippen LogP contribution in [-0.2, 0) is 10.3 Å². The normalized spacial score (nSPS) is 18.3. The second-order valence-electron chi connectivity index (χ2n) is 6.09. The first-order valence-electron chi connectivity index (χ1n) is 8.38. The summed E-state index contributed by atoms with van der Waals surface area (Å²) in [6, 6.07) is 25.9. The van der Waals surface area contributed by atoms with Crippen molar-refractivity contribution in [3.8, 4) is 5.75 Å². The molecule has 3 aromatic rings. The minimum atomic E-state index is -0.740. The van der Waals surface area contributed by atoms with Crippen molar-refractivity contribution in [1.82, 2.24) is 0 Å². The molecule has 0 saturated heterocycles. The van der Waals surface area contributed by atoms with Gasteiger partial charge in [-0.05, 0) is 0 Å². The molecule has 0 aromatic heterocycles. The molecular formula is C22H18O3Se. The molecule has 3 aromatic carbocycles. The van der Waals surface area contributed by atoms with Crippen molar-refractivity contribution >= 4 is 25.4 Å². The summed E-state index contributed by atoms with van der Waals surface area (Å²) in [7, 11) is 1.65. The molecule has 1 aliphatic heterocycles. The van der Waals surface area contributed by atoms with E-state index in [4.69, 9.17) is 9.47 Å².